The van der Waals surface area contributed by atoms with Crippen molar-refractivity contribution in [3.8, 4) is 0 Å². The fourth-order valence-corrected chi connectivity index (χ4v) is 0.884. The number of nitrogens with one attached hydrogen (secondary N) is 1. The molecule has 0 spiro atoms. The molecule has 7 heteroatoms. The number of anilines is 1. The third kappa shape index (κ3) is 3.55. The molecule has 0 unspecified atom stereocenters. The van der Waals surface area contributed by atoms with Gasteiger partial charge >= 0.3 is 6.09 Å². The first-order chi connectivity index (χ1) is 7.27. The molecule has 1 amide bonds. The van der Waals surface area contributed by atoms with Crippen LogP contribution in [0.3, 0.4) is 0 Å². The second kappa shape index (κ2) is 5.97. The monoisotopic (exact) mass is 215 g/mol. The minimum absolute atomic E-state index is 0.190. The zero-order chi connectivity index (χ0) is 11.1. The summed E-state index contributed by atoms with van der Waals surface area (Å²) >= 11 is 0. The maximum absolute atomic E-state index is 11.2. The molecule has 0 aliphatic rings. The van der Waals surface area contributed by atoms with Crippen molar-refractivity contribution in [2.75, 3.05) is 25.6 Å². The van der Waals surface area contributed by atoms with Gasteiger partial charge in [-0.15, -0.1) is 0 Å². The number of hydrogen-bond donors (Lipinski definition) is 1. The molecule has 0 saturated carbocycles. The zero-order valence-corrected chi connectivity index (χ0v) is 8.65. The number of hydrogen-bond acceptors (Lipinski definition) is 6. The van der Waals surface area contributed by atoms with E-state index in [1.54, 1.807) is 0 Å². The Kier molecular flexibility index (Phi) is 4.55. The van der Waals surface area contributed by atoms with E-state index in [1.165, 1.54) is 7.11 Å². The molecule has 1 aromatic rings. The maximum atomic E-state index is 11.2. The van der Waals surface area contributed by atoms with Crippen LogP contribution < -0.4 is 5.32 Å². The first-order valence-electron chi connectivity index (χ1n) is 4.52. The number of aryl methyl sites for hydroxylation is 1. The topological polar surface area (TPSA) is 86.5 Å². The van der Waals surface area contributed by atoms with Crippen molar-refractivity contribution in [1.29, 1.82) is 0 Å². The van der Waals surface area contributed by atoms with Crippen LogP contribution in [0.1, 0.15) is 12.6 Å². The fourth-order valence-electron chi connectivity index (χ4n) is 0.884. The summed E-state index contributed by atoms with van der Waals surface area (Å²) in [6.07, 6.45) is 0.0226. The lowest BCUT2D eigenvalue weighted by atomic mass is 10.3. The Morgan fingerprint density at radius 2 is 2.27 bits per heavy atom. The summed E-state index contributed by atoms with van der Waals surface area (Å²) in [5, 5.41) is 9.55. The molecule has 15 heavy (non-hydrogen) atoms. The predicted octanol–water partition coefficient (Wildman–Crippen LogP) is 0.827. The Morgan fingerprint density at radius 3 is 2.93 bits per heavy atom. The molecular weight excluding hydrogens is 202 g/mol. The van der Waals surface area contributed by atoms with E-state index in [-0.39, 0.29) is 6.61 Å². The van der Waals surface area contributed by atoms with Gasteiger partial charge in [0.15, 0.2) is 0 Å². The summed E-state index contributed by atoms with van der Waals surface area (Å²) in [6.45, 7) is 2.42. The number of nitrogens with zero attached hydrogens (tertiary/aromatic N) is 2. The highest BCUT2D eigenvalue weighted by Crippen LogP contribution is 2.09. The normalized spacial score (nSPS) is 10.0. The lowest BCUT2D eigenvalue weighted by Gasteiger charge is -2.03. The molecule has 1 heterocycles. The SMILES string of the molecule is CCc1nonc1NC(=O)OCCOC. The molecule has 84 valence electrons. The highest BCUT2D eigenvalue weighted by molar-refractivity contribution is 5.83. The van der Waals surface area contributed by atoms with Crippen molar-refractivity contribution in [1.82, 2.24) is 10.3 Å². The molecule has 0 atom stereocenters. The Hall–Kier alpha value is -1.63. The van der Waals surface area contributed by atoms with Gasteiger partial charge in [-0.2, -0.15) is 0 Å². The molecule has 1 N–H and O–H groups in total. The number of carbonyl (C=O) groups excluding carboxylic acids is 1. The van der Waals surface area contributed by atoms with E-state index in [2.05, 4.69) is 20.3 Å². The van der Waals surface area contributed by atoms with Crippen LogP contribution in [0.15, 0.2) is 4.63 Å². The van der Waals surface area contributed by atoms with Gasteiger partial charge in [0.05, 0.1) is 6.61 Å². The van der Waals surface area contributed by atoms with Crippen molar-refractivity contribution in [2.24, 2.45) is 0 Å². The summed E-state index contributed by atoms with van der Waals surface area (Å²) in [4.78, 5) is 11.2. The Morgan fingerprint density at radius 1 is 1.47 bits per heavy atom. The van der Waals surface area contributed by atoms with E-state index in [1.807, 2.05) is 6.92 Å². The fraction of sp³-hybridized carbons (Fsp3) is 0.625. The third-order valence-electron chi connectivity index (χ3n) is 1.63. The van der Waals surface area contributed by atoms with Crippen molar-refractivity contribution >= 4 is 11.9 Å². The molecule has 0 saturated heterocycles. The van der Waals surface area contributed by atoms with Crippen molar-refractivity contribution in [3.63, 3.8) is 0 Å². The average Bonchev–Trinajstić information content (AvgIpc) is 2.65. The second-order valence-corrected chi connectivity index (χ2v) is 2.67. The van der Waals surface area contributed by atoms with E-state index in [0.29, 0.717) is 24.5 Å². The molecule has 0 aromatic carbocycles. The third-order valence-corrected chi connectivity index (χ3v) is 1.63. The summed E-state index contributed by atoms with van der Waals surface area (Å²) in [7, 11) is 1.53. The number of methoxy groups -OCH3 is 1. The number of carbonyl (C=O) groups is 1. The van der Waals surface area contributed by atoms with Crippen LogP contribution in [0.5, 0.6) is 0 Å². The summed E-state index contributed by atoms with van der Waals surface area (Å²) in [5.41, 5.74) is 0.582. The first kappa shape index (κ1) is 11.4. The van der Waals surface area contributed by atoms with Crippen LogP contribution in [0, 0.1) is 0 Å². The molecule has 0 aliphatic carbocycles. The van der Waals surface area contributed by atoms with Crippen LogP contribution in [0.2, 0.25) is 0 Å². The van der Waals surface area contributed by atoms with Gasteiger partial charge in [0, 0.05) is 7.11 Å². The zero-order valence-electron chi connectivity index (χ0n) is 8.65. The van der Waals surface area contributed by atoms with Crippen molar-refractivity contribution < 1.29 is 18.9 Å². The van der Waals surface area contributed by atoms with Gasteiger partial charge in [0.2, 0.25) is 5.82 Å². The van der Waals surface area contributed by atoms with Crippen LogP contribution in [-0.2, 0) is 15.9 Å². The molecule has 1 rings (SSSR count). The van der Waals surface area contributed by atoms with Gasteiger partial charge in [-0.1, -0.05) is 12.1 Å². The second-order valence-electron chi connectivity index (χ2n) is 2.67. The lowest BCUT2D eigenvalue weighted by Crippen LogP contribution is -2.17. The number of ether oxygens (including phenoxy) is 2. The minimum Gasteiger partial charge on any atom is -0.447 e. The molecule has 0 radical (unpaired) electrons. The number of rotatable bonds is 5. The Labute approximate surface area is 86.7 Å². The van der Waals surface area contributed by atoms with E-state index in [0.717, 1.165) is 0 Å². The van der Waals surface area contributed by atoms with E-state index < -0.39 is 6.09 Å². The molecule has 0 bridgehead atoms. The van der Waals surface area contributed by atoms with Crippen LogP contribution in [0.4, 0.5) is 10.6 Å². The van der Waals surface area contributed by atoms with Crippen LogP contribution >= 0.6 is 0 Å². The van der Waals surface area contributed by atoms with Gasteiger partial charge in [-0.3, -0.25) is 5.32 Å². The Balaban J connectivity index is 2.37. The van der Waals surface area contributed by atoms with E-state index in [4.69, 9.17) is 9.47 Å². The quantitative estimate of drug-likeness (QED) is 0.732. The summed E-state index contributed by atoms with van der Waals surface area (Å²) in [5.74, 6) is 0.292. The lowest BCUT2D eigenvalue weighted by molar-refractivity contribution is 0.107. The van der Waals surface area contributed by atoms with Gasteiger partial charge in [-0.05, 0) is 11.6 Å². The molecule has 1 aromatic heterocycles. The van der Waals surface area contributed by atoms with Crippen molar-refractivity contribution in [3.05, 3.63) is 5.69 Å². The van der Waals surface area contributed by atoms with E-state index in [9.17, 15) is 4.79 Å². The highest BCUT2D eigenvalue weighted by Gasteiger charge is 2.11. The van der Waals surface area contributed by atoms with Gasteiger partial charge < -0.3 is 9.47 Å². The average molecular weight is 215 g/mol. The highest BCUT2D eigenvalue weighted by atomic mass is 16.6. The van der Waals surface area contributed by atoms with Gasteiger partial charge in [-0.25, -0.2) is 9.42 Å². The van der Waals surface area contributed by atoms with Crippen molar-refractivity contribution in [2.45, 2.75) is 13.3 Å². The van der Waals surface area contributed by atoms with Crippen LogP contribution in [0.25, 0.3) is 0 Å². The number of aromatic nitrogens is 2. The van der Waals surface area contributed by atoms with Gasteiger partial charge in [0.1, 0.15) is 12.3 Å². The summed E-state index contributed by atoms with van der Waals surface area (Å²) in [6, 6.07) is 0. The van der Waals surface area contributed by atoms with Crippen LogP contribution in [-0.4, -0.2) is 36.7 Å². The predicted molar refractivity (Wildman–Crippen MR) is 50.5 cm³/mol. The molecule has 0 fully saturated rings. The standard InChI is InChI=1S/C8H13N3O4/c1-3-6-7(11-15-10-6)9-8(12)14-5-4-13-2/h3-5H2,1-2H3,(H,9,11,12). The number of amides is 1. The van der Waals surface area contributed by atoms with E-state index >= 15 is 0 Å². The largest absolute Gasteiger partial charge is 0.447 e. The molecular formula is C8H13N3O4. The summed E-state index contributed by atoms with van der Waals surface area (Å²) < 4.78 is 14.0. The molecule has 0 aliphatic heterocycles. The Bertz CT molecular complexity index is 313. The maximum Gasteiger partial charge on any atom is 0.413 e. The first-order valence-corrected chi connectivity index (χ1v) is 4.52. The van der Waals surface area contributed by atoms with Gasteiger partial charge in [0.25, 0.3) is 0 Å². The minimum atomic E-state index is -0.600. The smallest absolute Gasteiger partial charge is 0.413 e. The molecule has 7 nitrogen and oxygen atoms in total.